The van der Waals surface area contributed by atoms with Gasteiger partial charge in [-0.25, -0.2) is 5.01 Å². The van der Waals surface area contributed by atoms with Gasteiger partial charge in [-0.05, 0) is 25.0 Å². The topological polar surface area (TPSA) is 57.0 Å². The molecule has 1 aliphatic carbocycles. The molecule has 1 unspecified atom stereocenters. The molecule has 0 radical (unpaired) electrons. The highest BCUT2D eigenvalue weighted by molar-refractivity contribution is 6.30. The molecule has 0 bridgehead atoms. The lowest BCUT2D eigenvalue weighted by molar-refractivity contribution is -0.948. The van der Waals surface area contributed by atoms with Gasteiger partial charge in [-0.15, -0.1) is 5.43 Å². The monoisotopic (exact) mass is 350 g/mol. The highest BCUT2D eigenvalue weighted by atomic mass is 35.5. The number of hydrogen-bond donors (Lipinski definition) is 3. The van der Waals surface area contributed by atoms with E-state index in [0.29, 0.717) is 11.6 Å². The third kappa shape index (κ3) is 2.46. The fourth-order valence-electron chi connectivity index (χ4n) is 4.84. The Morgan fingerprint density at radius 2 is 1.92 bits per heavy atom. The van der Waals surface area contributed by atoms with E-state index in [1.54, 1.807) is 0 Å². The van der Waals surface area contributed by atoms with Gasteiger partial charge in [0.2, 0.25) is 0 Å². The lowest BCUT2D eigenvalue weighted by Crippen LogP contribution is -3.15. The first-order valence-corrected chi connectivity index (χ1v) is 9.29. The second kappa shape index (κ2) is 5.99. The Bertz CT molecular complexity index is 632. The van der Waals surface area contributed by atoms with E-state index < -0.39 is 5.72 Å². The summed E-state index contributed by atoms with van der Waals surface area (Å²) in [5.41, 5.74) is 2.77. The maximum atomic E-state index is 13.0. The van der Waals surface area contributed by atoms with Crippen LogP contribution in [-0.4, -0.2) is 41.3 Å². The van der Waals surface area contributed by atoms with Crippen molar-refractivity contribution in [2.24, 2.45) is 5.92 Å². The van der Waals surface area contributed by atoms with E-state index in [-0.39, 0.29) is 23.9 Å². The van der Waals surface area contributed by atoms with E-state index in [9.17, 15) is 9.90 Å². The number of carbonyl (C=O) groups excluding carboxylic acids is 1. The number of quaternary nitrogens is 1. The molecule has 1 aromatic carbocycles. The molecule has 24 heavy (non-hydrogen) atoms. The number of fused-ring (bicyclic) bond motifs is 1. The Hall–Kier alpha value is -1.14. The lowest BCUT2D eigenvalue weighted by Gasteiger charge is -2.33. The summed E-state index contributed by atoms with van der Waals surface area (Å²) in [6.07, 6.45) is 5.73. The first-order valence-electron chi connectivity index (χ1n) is 8.91. The van der Waals surface area contributed by atoms with Crippen LogP contribution in [0.25, 0.3) is 0 Å². The molecule has 6 heteroatoms. The molecule has 2 aliphatic heterocycles. The molecule has 2 heterocycles. The molecular formula is C18H25ClN3O2+. The minimum Gasteiger partial charge on any atom is -0.363 e. The molecule has 1 saturated carbocycles. The Labute approximate surface area is 147 Å². The Morgan fingerprint density at radius 1 is 1.25 bits per heavy atom. The number of carbonyl (C=O) groups is 1. The van der Waals surface area contributed by atoms with E-state index in [1.165, 1.54) is 19.3 Å². The summed E-state index contributed by atoms with van der Waals surface area (Å²) in [6, 6.07) is 8.06. The van der Waals surface area contributed by atoms with Gasteiger partial charge in [0.1, 0.15) is 6.04 Å². The Kier molecular flexibility index (Phi) is 4.07. The van der Waals surface area contributed by atoms with Crippen molar-refractivity contribution >= 4 is 17.5 Å². The minimum atomic E-state index is -1.45. The highest BCUT2D eigenvalue weighted by Gasteiger charge is 2.66. The molecule has 5 nitrogen and oxygen atoms in total. The number of aliphatic hydroxyl groups is 1. The Morgan fingerprint density at radius 3 is 2.58 bits per heavy atom. The van der Waals surface area contributed by atoms with Crippen molar-refractivity contribution in [2.75, 3.05) is 13.6 Å². The summed E-state index contributed by atoms with van der Waals surface area (Å²) in [5, 5.41) is 12.8. The van der Waals surface area contributed by atoms with Crippen LogP contribution in [0, 0.1) is 5.92 Å². The summed E-state index contributed by atoms with van der Waals surface area (Å²) in [7, 11) is 1.97. The molecular weight excluding hydrogens is 326 g/mol. The van der Waals surface area contributed by atoms with Gasteiger partial charge < -0.3 is 10.0 Å². The third-order valence-corrected chi connectivity index (χ3v) is 6.27. The van der Waals surface area contributed by atoms with Gasteiger partial charge in [-0.1, -0.05) is 43.0 Å². The highest BCUT2D eigenvalue weighted by Crippen LogP contribution is 2.40. The van der Waals surface area contributed by atoms with Crippen LogP contribution in [0.15, 0.2) is 24.3 Å². The molecule has 0 spiro atoms. The minimum absolute atomic E-state index is 0.0322. The maximum absolute atomic E-state index is 13.0. The molecule has 3 aliphatic rings. The van der Waals surface area contributed by atoms with Crippen molar-refractivity contribution in [2.45, 2.75) is 49.9 Å². The number of halogens is 1. The number of hydrogen-bond acceptors (Lipinski definition) is 3. The number of rotatable bonds is 2. The van der Waals surface area contributed by atoms with Gasteiger partial charge in [-0.3, -0.25) is 4.79 Å². The molecule has 1 aromatic rings. The number of likely N-dealkylation sites (tertiary alicyclic amines) is 1. The second-order valence-electron chi connectivity index (χ2n) is 7.46. The van der Waals surface area contributed by atoms with Gasteiger partial charge in [-0.2, -0.15) is 0 Å². The first-order chi connectivity index (χ1) is 11.5. The van der Waals surface area contributed by atoms with Crippen LogP contribution in [0.5, 0.6) is 0 Å². The summed E-state index contributed by atoms with van der Waals surface area (Å²) in [5.74, 6) is -0.289. The zero-order chi connectivity index (χ0) is 16.9. The zero-order valence-electron chi connectivity index (χ0n) is 14.0. The average Bonchev–Trinajstić information content (AvgIpc) is 2.98. The molecule has 3 N–H and O–H groups in total. The van der Waals surface area contributed by atoms with Crippen molar-refractivity contribution in [3.8, 4) is 0 Å². The molecule has 1 amide bonds. The van der Waals surface area contributed by atoms with Crippen molar-refractivity contribution in [1.29, 1.82) is 0 Å². The normalized spacial score (nSPS) is 37.0. The van der Waals surface area contributed by atoms with Gasteiger partial charge in [0.15, 0.2) is 0 Å². The van der Waals surface area contributed by atoms with Crippen LogP contribution < -0.4 is 10.4 Å². The predicted molar refractivity (Wildman–Crippen MR) is 91.2 cm³/mol. The lowest BCUT2D eigenvalue weighted by atomic mass is 9.89. The molecule has 4 atom stereocenters. The Balaban J connectivity index is 1.63. The quantitative estimate of drug-likeness (QED) is 0.742. The maximum Gasteiger partial charge on any atom is 0.275 e. The summed E-state index contributed by atoms with van der Waals surface area (Å²) >= 11 is 6.01. The smallest absolute Gasteiger partial charge is 0.275 e. The summed E-state index contributed by atoms with van der Waals surface area (Å²) < 4.78 is 0. The van der Waals surface area contributed by atoms with E-state index >= 15 is 0 Å². The SMILES string of the molecule is C[NH+]1N[C@@]2(O)C(=O)N(C3CCCCC3)C[C@H]2[C@H]1c1ccc(Cl)cc1. The predicted octanol–water partition coefficient (Wildman–Crippen LogP) is 0.894. The van der Waals surface area contributed by atoms with Crippen LogP contribution in [0.3, 0.4) is 0 Å². The van der Waals surface area contributed by atoms with Gasteiger partial charge in [0, 0.05) is 23.2 Å². The van der Waals surface area contributed by atoms with Crippen molar-refractivity contribution in [1.82, 2.24) is 10.3 Å². The van der Waals surface area contributed by atoms with Gasteiger partial charge >= 0.3 is 0 Å². The number of nitrogens with one attached hydrogen (secondary N) is 2. The van der Waals surface area contributed by atoms with Crippen LogP contribution in [-0.2, 0) is 4.79 Å². The van der Waals surface area contributed by atoms with Gasteiger partial charge in [0.05, 0.1) is 13.0 Å². The van der Waals surface area contributed by atoms with Crippen molar-refractivity contribution < 1.29 is 14.9 Å². The van der Waals surface area contributed by atoms with Crippen LogP contribution in [0.2, 0.25) is 5.02 Å². The van der Waals surface area contributed by atoms with Crippen LogP contribution in [0.4, 0.5) is 0 Å². The van der Waals surface area contributed by atoms with E-state index in [0.717, 1.165) is 23.4 Å². The van der Waals surface area contributed by atoms with E-state index in [2.05, 4.69) is 5.43 Å². The number of nitrogens with zero attached hydrogens (tertiary/aromatic N) is 1. The summed E-state index contributed by atoms with van der Waals surface area (Å²) in [4.78, 5) is 14.9. The first kappa shape index (κ1) is 16.3. The molecule has 4 rings (SSSR count). The fraction of sp³-hybridized carbons (Fsp3) is 0.611. The zero-order valence-corrected chi connectivity index (χ0v) is 14.7. The van der Waals surface area contributed by atoms with Gasteiger partial charge in [0.25, 0.3) is 11.6 Å². The average molecular weight is 351 g/mol. The number of benzene rings is 1. The van der Waals surface area contributed by atoms with Crippen molar-refractivity contribution in [3.63, 3.8) is 0 Å². The fourth-order valence-corrected chi connectivity index (χ4v) is 4.96. The number of amides is 1. The van der Waals surface area contributed by atoms with Crippen LogP contribution >= 0.6 is 11.6 Å². The summed E-state index contributed by atoms with van der Waals surface area (Å²) in [6.45, 7) is 0.623. The largest absolute Gasteiger partial charge is 0.363 e. The standard InChI is InChI=1S/C18H24ClN3O2/c1-21-16(12-7-9-13(19)10-8-12)15-11-22(14-5-3-2-4-6-14)17(23)18(15,24)20-21/h7-10,14-16,20,24H,2-6,11H2,1H3/p+1/t15-,16+,18-/m0/s1. The molecule has 0 aromatic heterocycles. The van der Waals surface area contributed by atoms with E-state index in [1.807, 2.05) is 36.2 Å². The molecule has 3 fully saturated rings. The third-order valence-electron chi connectivity index (χ3n) is 6.02. The van der Waals surface area contributed by atoms with Crippen molar-refractivity contribution in [3.05, 3.63) is 34.9 Å². The molecule has 2 saturated heterocycles. The van der Waals surface area contributed by atoms with E-state index in [4.69, 9.17) is 11.6 Å². The second-order valence-corrected chi connectivity index (χ2v) is 7.90. The van der Waals surface area contributed by atoms with Crippen LogP contribution in [0.1, 0.15) is 43.7 Å². The molecule has 130 valence electrons.